The monoisotopic (exact) mass is 347 g/mol. The number of aryl methyl sites for hydroxylation is 1. The summed E-state index contributed by atoms with van der Waals surface area (Å²) in [5.41, 5.74) is 0.843. The minimum absolute atomic E-state index is 0.0117. The highest BCUT2D eigenvalue weighted by Crippen LogP contribution is 2.27. The van der Waals surface area contributed by atoms with Crippen LogP contribution in [0.4, 0.5) is 11.6 Å². The summed E-state index contributed by atoms with van der Waals surface area (Å²) in [5.74, 6) is 2.08. The maximum Gasteiger partial charge on any atom is 0.211 e. The highest BCUT2D eigenvalue weighted by Gasteiger charge is 2.28. The Morgan fingerprint density at radius 3 is 2.79 bits per heavy atom. The highest BCUT2D eigenvalue weighted by atomic mass is 32.2. The van der Waals surface area contributed by atoms with E-state index in [2.05, 4.69) is 20.3 Å². The van der Waals surface area contributed by atoms with Gasteiger partial charge in [-0.15, -0.1) is 0 Å². The summed E-state index contributed by atoms with van der Waals surface area (Å²) in [6, 6.07) is 7.47. The number of piperidine rings is 1. The van der Waals surface area contributed by atoms with E-state index in [0.29, 0.717) is 30.5 Å². The molecule has 128 valence electrons. The summed E-state index contributed by atoms with van der Waals surface area (Å²) in [7, 11) is -3.18. The van der Waals surface area contributed by atoms with Gasteiger partial charge in [-0.25, -0.2) is 27.7 Å². The van der Waals surface area contributed by atoms with Gasteiger partial charge in [-0.05, 0) is 31.9 Å². The van der Waals surface area contributed by atoms with Crippen LogP contribution in [0.15, 0.2) is 30.5 Å². The fourth-order valence-electron chi connectivity index (χ4n) is 2.86. The molecule has 1 aliphatic rings. The van der Waals surface area contributed by atoms with Crippen molar-refractivity contribution in [3.05, 3.63) is 42.0 Å². The van der Waals surface area contributed by atoms with E-state index in [1.165, 1.54) is 10.6 Å². The molecule has 2 aromatic heterocycles. The third-order valence-corrected chi connectivity index (χ3v) is 5.28. The zero-order chi connectivity index (χ0) is 17.2. The van der Waals surface area contributed by atoms with Crippen molar-refractivity contribution in [2.75, 3.05) is 24.7 Å². The molecule has 24 heavy (non-hydrogen) atoms. The number of hydrogen-bond donors (Lipinski definition) is 1. The van der Waals surface area contributed by atoms with Crippen LogP contribution in [0.5, 0.6) is 0 Å². The number of anilines is 2. The van der Waals surface area contributed by atoms with Gasteiger partial charge in [-0.1, -0.05) is 6.07 Å². The molecule has 1 N–H and O–H groups in total. The first-order valence-corrected chi connectivity index (χ1v) is 9.75. The summed E-state index contributed by atoms with van der Waals surface area (Å²) in [4.78, 5) is 13.3. The minimum atomic E-state index is -3.18. The Morgan fingerprint density at radius 1 is 1.25 bits per heavy atom. The third kappa shape index (κ3) is 4.07. The van der Waals surface area contributed by atoms with Crippen molar-refractivity contribution in [1.29, 1.82) is 0 Å². The third-order valence-electron chi connectivity index (χ3n) is 4.01. The molecule has 1 aliphatic heterocycles. The molecule has 0 unspecified atom stereocenters. The van der Waals surface area contributed by atoms with E-state index in [1.807, 2.05) is 31.2 Å². The molecule has 0 spiro atoms. The van der Waals surface area contributed by atoms with Gasteiger partial charge in [0.05, 0.1) is 6.26 Å². The first-order valence-electron chi connectivity index (χ1n) is 7.90. The van der Waals surface area contributed by atoms with Crippen LogP contribution >= 0.6 is 0 Å². The Morgan fingerprint density at radius 2 is 2.08 bits per heavy atom. The van der Waals surface area contributed by atoms with Gasteiger partial charge in [-0.3, -0.25) is 0 Å². The van der Waals surface area contributed by atoms with Gasteiger partial charge in [0.2, 0.25) is 10.0 Å². The molecule has 0 saturated carbocycles. The Hall–Kier alpha value is -2.06. The molecule has 1 atom stereocenters. The molecule has 0 aliphatic carbocycles. The molecule has 1 fully saturated rings. The summed E-state index contributed by atoms with van der Waals surface area (Å²) in [6.45, 7) is 2.91. The van der Waals surface area contributed by atoms with E-state index in [-0.39, 0.29) is 5.92 Å². The minimum Gasteiger partial charge on any atom is -0.325 e. The molecule has 0 radical (unpaired) electrons. The van der Waals surface area contributed by atoms with E-state index in [1.54, 1.807) is 6.20 Å². The van der Waals surface area contributed by atoms with Gasteiger partial charge in [0.25, 0.3) is 0 Å². The Labute approximate surface area is 142 Å². The lowest BCUT2D eigenvalue weighted by atomic mass is 9.99. The van der Waals surface area contributed by atoms with Crippen LogP contribution in [-0.2, 0) is 10.0 Å². The maximum absolute atomic E-state index is 11.8. The highest BCUT2D eigenvalue weighted by molar-refractivity contribution is 7.88. The van der Waals surface area contributed by atoms with Gasteiger partial charge in [0.1, 0.15) is 17.5 Å². The topological polar surface area (TPSA) is 88.1 Å². The van der Waals surface area contributed by atoms with Crippen LogP contribution in [0.25, 0.3) is 0 Å². The molecule has 0 aromatic carbocycles. The number of nitrogens with one attached hydrogen (secondary N) is 1. The lowest BCUT2D eigenvalue weighted by molar-refractivity contribution is 0.311. The number of pyridine rings is 1. The van der Waals surface area contributed by atoms with E-state index >= 15 is 0 Å². The fraction of sp³-hybridized carbons (Fsp3) is 0.438. The van der Waals surface area contributed by atoms with Crippen molar-refractivity contribution in [1.82, 2.24) is 19.3 Å². The number of nitrogens with zero attached hydrogens (tertiary/aromatic N) is 4. The second-order valence-electron chi connectivity index (χ2n) is 6.05. The summed E-state index contributed by atoms with van der Waals surface area (Å²) in [5, 5.41) is 3.17. The molecule has 3 heterocycles. The Bertz CT molecular complexity index is 810. The number of sulfonamides is 1. The predicted molar refractivity (Wildman–Crippen MR) is 92.7 cm³/mol. The zero-order valence-electron chi connectivity index (χ0n) is 13.8. The van der Waals surface area contributed by atoms with E-state index in [0.717, 1.165) is 18.5 Å². The molecular formula is C16H21N5O2S. The predicted octanol–water partition coefficient (Wildman–Crippen LogP) is 2.06. The number of rotatable bonds is 4. The van der Waals surface area contributed by atoms with Crippen LogP contribution in [-0.4, -0.2) is 47.0 Å². The van der Waals surface area contributed by atoms with Crippen LogP contribution < -0.4 is 5.32 Å². The van der Waals surface area contributed by atoms with Crippen LogP contribution in [0.3, 0.4) is 0 Å². The van der Waals surface area contributed by atoms with Gasteiger partial charge in [-0.2, -0.15) is 0 Å². The van der Waals surface area contributed by atoms with E-state index in [4.69, 9.17) is 0 Å². The zero-order valence-corrected chi connectivity index (χ0v) is 14.6. The van der Waals surface area contributed by atoms with Crippen molar-refractivity contribution in [3.8, 4) is 0 Å². The standard InChI is InChI=1S/C16H21N5O2S/c1-12-10-15(19-14-7-3-4-8-17-14)20-16(18-12)13-6-5-9-21(11-13)24(2,22)23/h3-4,7-8,10,13H,5-6,9,11H2,1-2H3,(H,17,18,19,20)/t13-/m0/s1. The smallest absolute Gasteiger partial charge is 0.211 e. The van der Waals surface area contributed by atoms with Crippen LogP contribution in [0.1, 0.15) is 30.3 Å². The maximum atomic E-state index is 11.8. The summed E-state index contributed by atoms with van der Waals surface area (Å²) < 4.78 is 25.1. The lowest BCUT2D eigenvalue weighted by Crippen LogP contribution is -2.38. The van der Waals surface area contributed by atoms with Gasteiger partial charge in [0.15, 0.2) is 0 Å². The second kappa shape index (κ2) is 6.82. The van der Waals surface area contributed by atoms with Crippen molar-refractivity contribution >= 4 is 21.7 Å². The van der Waals surface area contributed by atoms with E-state index in [9.17, 15) is 8.42 Å². The first kappa shape index (κ1) is 16.8. The summed E-state index contributed by atoms with van der Waals surface area (Å²) >= 11 is 0. The van der Waals surface area contributed by atoms with Crippen LogP contribution in [0.2, 0.25) is 0 Å². The van der Waals surface area contributed by atoms with E-state index < -0.39 is 10.0 Å². The van der Waals surface area contributed by atoms with Gasteiger partial charge in [0, 0.05) is 37.0 Å². The molecule has 7 nitrogen and oxygen atoms in total. The molecule has 8 heteroatoms. The SMILES string of the molecule is Cc1cc(Nc2ccccn2)nc([C@H]2CCCN(S(C)(=O)=O)C2)n1. The van der Waals surface area contributed by atoms with Crippen molar-refractivity contribution < 1.29 is 8.42 Å². The van der Waals surface area contributed by atoms with Crippen molar-refractivity contribution in [2.24, 2.45) is 0 Å². The quantitative estimate of drug-likeness (QED) is 0.911. The number of aromatic nitrogens is 3. The first-order chi connectivity index (χ1) is 11.4. The van der Waals surface area contributed by atoms with Crippen LogP contribution in [0, 0.1) is 6.92 Å². The Balaban J connectivity index is 1.83. The molecular weight excluding hydrogens is 326 g/mol. The Kier molecular flexibility index (Phi) is 4.77. The largest absolute Gasteiger partial charge is 0.325 e. The van der Waals surface area contributed by atoms with Gasteiger partial charge < -0.3 is 5.32 Å². The molecule has 0 bridgehead atoms. The molecule has 3 rings (SSSR count). The summed E-state index contributed by atoms with van der Waals surface area (Å²) in [6.07, 6.45) is 4.67. The molecule has 0 amide bonds. The average molecular weight is 347 g/mol. The average Bonchev–Trinajstić information content (AvgIpc) is 2.54. The molecule has 2 aromatic rings. The second-order valence-corrected chi connectivity index (χ2v) is 8.04. The van der Waals surface area contributed by atoms with Crippen molar-refractivity contribution in [2.45, 2.75) is 25.7 Å². The molecule has 1 saturated heterocycles. The number of hydrogen-bond acceptors (Lipinski definition) is 6. The van der Waals surface area contributed by atoms with Crippen molar-refractivity contribution in [3.63, 3.8) is 0 Å². The normalized spacial score (nSPS) is 19.2. The lowest BCUT2D eigenvalue weighted by Gasteiger charge is -2.30. The fourth-order valence-corrected chi connectivity index (χ4v) is 3.77. The van der Waals surface area contributed by atoms with Gasteiger partial charge >= 0.3 is 0 Å².